The van der Waals surface area contributed by atoms with E-state index < -0.39 is 12.0 Å². The van der Waals surface area contributed by atoms with Crippen LogP contribution in [0.3, 0.4) is 0 Å². The van der Waals surface area contributed by atoms with Gasteiger partial charge in [-0.05, 0) is 50.1 Å². The fraction of sp³-hybridized carbons (Fsp3) is 0.240. The van der Waals surface area contributed by atoms with Crippen LogP contribution in [0, 0.1) is 0 Å². The number of aromatic hydroxyl groups is 1. The van der Waals surface area contributed by atoms with Gasteiger partial charge in [-0.15, -0.1) is 0 Å². The molecule has 0 radical (unpaired) electrons. The number of esters is 1. The van der Waals surface area contributed by atoms with E-state index >= 15 is 0 Å². The Morgan fingerprint density at radius 2 is 1.94 bits per heavy atom. The minimum Gasteiger partial charge on any atom is -0.504 e. The second kappa shape index (κ2) is 9.46. The average Bonchev–Trinajstić information content (AvgIpc) is 3.11. The number of nitrogens with zero attached hydrogens (tertiary/aromatic N) is 2. The smallest absolute Gasteiger partial charge is 0.338 e. The number of hydrogen-bond acceptors (Lipinski definition) is 7. The minimum absolute atomic E-state index is 0.00238. The monoisotopic (exact) mass is 464 g/mol. The van der Waals surface area contributed by atoms with Gasteiger partial charge < -0.3 is 14.6 Å². The Morgan fingerprint density at radius 1 is 1.18 bits per heavy atom. The third-order valence-corrected chi connectivity index (χ3v) is 6.22. The standard InChI is InChI=1S/C25H24N2O5S/c1-4-31-19-14-17(11-12-18(19)28)22-21(24(30)32-5-2)15(3)27-23(29)20(33-25(27)26-22)13-16-9-7-6-8-10-16/h6-14,22,28H,4-5H2,1-3H3/b20-13-/t22-/m0/s1. The second-order valence-corrected chi connectivity index (χ2v) is 8.36. The van der Waals surface area contributed by atoms with Crippen molar-refractivity contribution in [2.24, 2.45) is 4.99 Å². The fourth-order valence-electron chi connectivity index (χ4n) is 3.73. The van der Waals surface area contributed by atoms with Crippen LogP contribution in [0.1, 0.15) is 37.9 Å². The predicted octanol–water partition coefficient (Wildman–Crippen LogP) is 3.01. The molecule has 0 unspecified atom stereocenters. The predicted molar refractivity (Wildman–Crippen MR) is 127 cm³/mol. The van der Waals surface area contributed by atoms with Crippen LogP contribution in [0.5, 0.6) is 11.5 Å². The molecule has 7 nitrogen and oxygen atoms in total. The highest BCUT2D eigenvalue weighted by Crippen LogP contribution is 2.36. The van der Waals surface area contributed by atoms with Crippen molar-refractivity contribution in [2.75, 3.05) is 13.2 Å². The van der Waals surface area contributed by atoms with Crippen LogP contribution in [-0.2, 0) is 9.53 Å². The van der Waals surface area contributed by atoms with E-state index in [0.29, 0.717) is 33.0 Å². The third kappa shape index (κ3) is 4.34. The Hall–Kier alpha value is -3.65. The molecule has 0 saturated heterocycles. The molecule has 0 amide bonds. The number of benzene rings is 2. The lowest BCUT2D eigenvalue weighted by Gasteiger charge is -2.22. The Bertz CT molecular complexity index is 1400. The molecule has 33 heavy (non-hydrogen) atoms. The van der Waals surface area contributed by atoms with E-state index in [4.69, 9.17) is 14.5 Å². The van der Waals surface area contributed by atoms with E-state index in [1.807, 2.05) is 43.3 Å². The minimum atomic E-state index is -0.702. The van der Waals surface area contributed by atoms with E-state index in [-0.39, 0.29) is 23.5 Å². The molecule has 0 saturated carbocycles. The van der Waals surface area contributed by atoms with Gasteiger partial charge in [-0.1, -0.05) is 47.7 Å². The largest absolute Gasteiger partial charge is 0.504 e. The molecular weight excluding hydrogens is 440 g/mol. The maximum Gasteiger partial charge on any atom is 0.338 e. The zero-order valence-electron chi connectivity index (χ0n) is 18.6. The van der Waals surface area contributed by atoms with Crippen LogP contribution < -0.4 is 19.6 Å². The molecule has 1 aliphatic rings. The molecule has 1 aliphatic heterocycles. The first-order chi connectivity index (χ1) is 15.9. The third-order valence-electron chi connectivity index (χ3n) is 5.24. The maximum absolute atomic E-state index is 13.2. The Kier molecular flexibility index (Phi) is 6.46. The topological polar surface area (TPSA) is 90.1 Å². The lowest BCUT2D eigenvalue weighted by molar-refractivity contribution is -0.138. The number of phenols is 1. The zero-order valence-corrected chi connectivity index (χ0v) is 19.4. The van der Waals surface area contributed by atoms with Gasteiger partial charge in [0.15, 0.2) is 16.3 Å². The quantitative estimate of drug-likeness (QED) is 0.567. The van der Waals surface area contributed by atoms with E-state index in [2.05, 4.69) is 0 Å². The molecule has 0 aliphatic carbocycles. The highest BCUT2D eigenvalue weighted by Gasteiger charge is 2.31. The molecule has 8 heteroatoms. The molecular formula is C25H24N2O5S. The van der Waals surface area contributed by atoms with Crippen molar-refractivity contribution < 1.29 is 19.4 Å². The van der Waals surface area contributed by atoms with Gasteiger partial charge in [0.25, 0.3) is 5.56 Å². The number of rotatable bonds is 6. The molecule has 0 bridgehead atoms. The lowest BCUT2D eigenvalue weighted by atomic mass is 9.96. The summed E-state index contributed by atoms with van der Waals surface area (Å²) in [4.78, 5) is 31.4. The van der Waals surface area contributed by atoms with Crippen LogP contribution in [0.25, 0.3) is 11.8 Å². The molecule has 1 aromatic heterocycles. The van der Waals surface area contributed by atoms with Gasteiger partial charge in [0.1, 0.15) is 6.04 Å². The molecule has 4 rings (SSSR count). The van der Waals surface area contributed by atoms with Crippen molar-refractivity contribution in [3.63, 3.8) is 0 Å². The number of allylic oxidation sites excluding steroid dienone is 1. The second-order valence-electron chi connectivity index (χ2n) is 7.36. The van der Waals surface area contributed by atoms with E-state index in [1.54, 1.807) is 26.0 Å². The van der Waals surface area contributed by atoms with Crippen molar-refractivity contribution in [1.82, 2.24) is 4.57 Å². The van der Waals surface area contributed by atoms with Crippen molar-refractivity contribution in [3.8, 4) is 11.5 Å². The summed E-state index contributed by atoms with van der Waals surface area (Å²) < 4.78 is 12.8. The number of ether oxygens (including phenoxy) is 2. The molecule has 0 fully saturated rings. The molecule has 0 spiro atoms. The van der Waals surface area contributed by atoms with Gasteiger partial charge in [-0.2, -0.15) is 0 Å². The highest BCUT2D eigenvalue weighted by atomic mass is 32.1. The first-order valence-electron chi connectivity index (χ1n) is 10.6. The number of fused-ring (bicyclic) bond motifs is 1. The van der Waals surface area contributed by atoms with Crippen molar-refractivity contribution in [3.05, 3.63) is 84.9 Å². The maximum atomic E-state index is 13.2. The SMILES string of the molecule is CCOC(=O)C1=C(C)n2c(s/c(=C\c3ccccc3)c2=O)=N[C@H]1c1ccc(O)c(OCC)c1. The normalized spacial score (nSPS) is 15.7. The van der Waals surface area contributed by atoms with Crippen LogP contribution in [0.15, 0.2) is 63.9 Å². The lowest BCUT2D eigenvalue weighted by Crippen LogP contribution is -2.35. The first-order valence-corrected chi connectivity index (χ1v) is 11.5. The number of carbonyl (C=O) groups excluding carboxylic acids is 1. The summed E-state index contributed by atoms with van der Waals surface area (Å²) in [6.07, 6.45) is 1.81. The number of hydrogen-bond donors (Lipinski definition) is 1. The molecule has 3 aromatic rings. The highest BCUT2D eigenvalue weighted by molar-refractivity contribution is 7.07. The molecule has 2 aromatic carbocycles. The summed E-state index contributed by atoms with van der Waals surface area (Å²) in [7, 11) is 0. The molecule has 1 atom stereocenters. The van der Waals surface area contributed by atoms with Crippen LogP contribution in [-0.4, -0.2) is 28.9 Å². The fourth-order valence-corrected chi connectivity index (χ4v) is 4.77. The van der Waals surface area contributed by atoms with E-state index in [0.717, 1.165) is 5.56 Å². The number of thiazole rings is 1. The van der Waals surface area contributed by atoms with Gasteiger partial charge in [-0.3, -0.25) is 9.36 Å². The van der Waals surface area contributed by atoms with Crippen LogP contribution in [0.4, 0.5) is 0 Å². The Balaban J connectivity index is 1.94. The zero-order chi connectivity index (χ0) is 23.5. The van der Waals surface area contributed by atoms with Crippen LogP contribution >= 0.6 is 11.3 Å². The first kappa shape index (κ1) is 22.5. The molecule has 1 N–H and O–H groups in total. The summed E-state index contributed by atoms with van der Waals surface area (Å²) in [6.45, 7) is 5.84. The van der Waals surface area contributed by atoms with Crippen molar-refractivity contribution >= 4 is 29.1 Å². The van der Waals surface area contributed by atoms with E-state index in [1.165, 1.54) is 22.0 Å². The molecule has 2 heterocycles. The number of carbonyl (C=O) groups is 1. The van der Waals surface area contributed by atoms with Crippen molar-refractivity contribution in [1.29, 1.82) is 0 Å². The van der Waals surface area contributed by atoms with E-state index in [9.17, 15) is 14.7 Å². The summed E-state index contributed by atoms with van der Waals surface area (Å²) >= 11 is 1.26. The Labute approximate surface area is 194 Å². The van der Waals surface area contributed by atoms with Gasteiger partial charge in [0, 0.05) is 5.70 Å². The summed E-state index contributed by atoms with van der Waals surface area (Å²) in [5, 5.41) is 10.1. The summed E-state index contributed by atoms with van der Waals surface area (Å²) in [5.74, 6) is -0.229. The van der Waals surface area contributed by atoms with Crippen molar-refractivity contribution in [2.45, 2.75) is 26.8 Å². The number of phenolic OH excluding ortho intramolecular Hbond substituents is 1. The van der Waals surface area contributed by atoms with Gasteiger partial charge in [0.05, 0.1) is 23.3 Å². The van der Waals surface area contributed by atoms with Gasteiger partial charge in [-0.25, -0.2) is 9.79 Å². The van der Waals surface area contributed by atoms with Gasteiger partial charge in [0.2, 0.25) is 0 Å². The average molecular weight is 465 g/mol. The summed E-state index contributed by atoms with van der Waals surface area (Å²) in [5.41, 5.74) is 2.07. The van der Waals surface area contributed by atoms with Crippen LogP contribution in [0.2, 0.25) is 0 Å². The number of aromatic nitrogens is 1. The Morgan fingerprint density at radius 3 is 2.64 bits per heavy atom. The summed E-state index contributed by atoms with van der Waals surface area (Å²) in [6, 6.07) is 13.7. The molecule has 170 valence electrons. The van der Waals surface area contributed by atoms with Gasteiger partial charge >= 0.3 is 5.97 Å².